The molecular weight excluding hydrogens is 392 g/mol. The zero-order valence-corrected chi connectivity index (χ0v) is 21.3. The molecule has 0 amide bonds. The standard InChI is InChI=1S/C25H44O4Si/c1-21(2,3)30(6,7)29-20-14-23(5)18-10-12-22(4)11-8-9-17(22)16(18)13-19-24(23,28-19)15-25(20,26)27/h16-20,26-27H,8-15H2,1-7H3/t16-,17-,18-,19-,20?,22-,23+,24-/m0/s1. The van der Waals surface area contributed by atoms with Gasteiger partial charge in [0.2, 0.25) is 0 Å². The van der Waals surface area contributed by atoms with Gasteiger partial charge in [-0.05, 0) is 79.8 Å². The summed E-state index contributed by atoms with van der Waals surface area (Å²) in [7, 11) is -2.12. The van der Waals surface area contributed by atoms with E-state index in [0.717, 1.165) is 18.3 Å². The van der Waals surface area contributed by atoms with Crippen molar-refractivity contribution in [2.45, 2.75) is 128 Å². The molecule has 5 heteroatoms. The van der Waals surface area contributed by atoms with Crippen molar-refractivity contribution in [3.05, 3.63) is 0 Å². The van der Waals surface area contributed by atoms with Crippen molar-refractivity contribution in [2.75, 3.05) is 0 Å². The number of fused-ring (bicyclic) bond motifs is 4. The second-order valence-electron chi connectivity index (χ2n) is 13.7. The summed E-state index contributed by atoms with van der Waals surface area (Å²) in [6, 6.07) is 0. The first-order valence-electron chi connectivity index (χ1n) is 12.5. The van der Waals surface area contributed by atoms with Gasteiger partial charge < -0.3 is 19.4 Å². The fourth-order valence-electron chi connectivity index (χ4n) is 8.32. The van der Waals surface area contributed by atoms with E-state index in [2.05, 4.69) is 47.7 Å². The molecular formula is C25H44O4Si. The number of epoxide rings is 1. The summed E-state index contributed by atoms with van der Waals surface area (Å²) in [5.41, 5.74) is 0.152. The molecule has 30 heavy (non-hydrogen) atoms. The van der Waals surface area contributed by atoms with Crippen molar-refractivity contribution in [1.29, 1.82) is 0 Å². The molecule has 1 aliphatic heterocycles. The van der Waals surface area contributed by atoms with Gasteiger partial charge in [0, 0.05) is 11.8 Å². The summed E-state index contributed by atoms with van der Waals surface area (Å²) in [5, 5.41) is 22.4. The fourth-order valence-corrected chi connectivity index (χ4v) is 9.66. The zero-order chi connectivity index (χ0) is 22.0. The third-order valence-electron chi connectivity index (χ3n) is 11.2. The molecule has 2 N–H and O–H groups in total. The largest absolute Gasteiger partial charge is 0.408 e. The van der Waals surface area contributed by atoms with Crippen LogP contribution in [0.4, 0.5) is 0 Å². The SMILES string of the molecule is CC(C)(C)[Si](C)(C)OC1C[C@]2(C)[C@H]3CC[C@]4(C)CCC[C@H]4[C@@H]3C[C@@H]3O[C@@]32CC1(O)O. The highest BCUT2D eigenvalue weighted by Crippen LogP contribution is 2.74. The second-order valence-corrected chi connectivity index (χ2v) is 18.5. The molecule has 0 radical (unpaired) electrons. The molecule has 1 heterocycles. The van der Waals surface area contributed by atoms with E-state index in [1.54, 1.807) is 0 Å². The van der Waals surface area contributed by atoms with Crippen molar-refractivity contribution in [3.8, 4) is 0 Å². The van der Waals surface area contributed by atoms with E-state index in [9.17, 15) is 10.2 Å². The minimum absolute atomic E-state index is 0.0213. The zero-order valence-electron chi connectivity index (χ0n) is 20.3. The number of ether oxygens (including phenoxy) is 1. The molecule has 0 bridgehead atoms. The minimum Gasteiger partial charge on any atom is -0.408 e. The maximum absolute atomic E-state index is 11.2. The molecule has 172 valence electrons. The molecule has 0 aromatic rings. The molecule has 0 aromatic heterocycles. The summed E-state index contributed by atoms with van der Waals surface area (Å²) in [4.78, 5) is 0. The molecule has 8 atom stereocenters. The topological polar surface area (TPSA) is 62.2 Å². The Labute approximate surface area is 184 Å². The summed E-state index contributed by atoms with van der Waals surface area (Å²) in [5.74, 6) is 0.377. The van der Waals surface area contributed by atoms with E-state index < -0.39 is 20.2 Å². The van der Waals surface area contributed by atoms with Gasteiger partial charge in [-0.1, -0.05) is 41.0 Å². The van der Waals surface area contributed by atoms with Crippen molar-refractivity contribution >= 4 is 8.32 Å². The van der Waals surface area contributed by atoms with E-state index in [1.807, 2.05) is 0 Å². The van der Waals surface area contributed by atoms with Crippen LogP contribution in [0.3, 0.4) is 0 Å². The van der Waals surface area contributed by atoms with Gasteiger partial charge in [0.25, 0.3) is 0 Å². The van der Waals surface area contributed by atoms with Crippen LogP contribution in [-0.2, 0) is 9.16 Å². The maximum atomic E-state index is 11.2. The molecule has 1 unspecified atom stereocenters. The average Bonchev–Trinajstić information content (AvgIpc) is 3.12. The van der Waals surface area contributed by atoms with Crippen LogP contribution in [0.25, 0.3) is 0 Å². The summed E-state index contributed by atoms with van der Waals surface area (Å²) in [6.07, 6.45) is 8.58. The van der Waals surface area contributed by atoms with Gasteiger partial charge in [0.1, 0.15) is 5.60 Å². The Kier molecular flexibility index (Phi) is 4.47. The number of rotatable bonds is 2. The smallest absolute Gasteiger partial charge is 0.192 e. The quantitative estimate of drug-likeness (QED) is 0.353. The molecule has 1 saturated heterocycles. The highest BCUT2D eigenvalue weighted by molar-refractivity contribution is 6.74. The summed E-state index contributed by atoms with van der Waals surface area (Å²) < 4.78 is 13.2. The average molecular weight is 437 g/mol. The highest BCUT2D eigenvalue weighted by atomic mass is 28.4. The number of hydrogen-bond acceptors (Lipinski definition) is 4. The fraction of sp³-hybridized carbons (Fsp3) is 1.00. The predicted octanol–water partition coefficient (Wildman–Crippen LogP) is 5.23. The van der Waals surface area contributed by atoms with Gasteiger partial charge in [-0.15, -0.1) is 0 Å². The summed E-state index contributed by atoms with van der Waals surface area (Å²) >= 11 is 0. The van der Waals surface area contributed by atoms with E-state index in [1.165, 1.54) is 32.1 Å². The Balaban J connectivity index is 1.47. The van der Waals surface area contributed by atoms with Crippen molar-refractivity contribution < 1.29 is 19.4 Å². The Bertz CT molecular complexity index is 729. The molecule has 4 nitrogen and oxygen atoms in total. The van der Waals surface area contributed by atoms with Gasteiger partial charge in [-0.25, -0.2) is 0 Å². The van der Waals surface area contributed by atoms with E-state index in [0.29, 0.717) is 24.2 Å². The first kappa shape index (κ1) is 21.9. The van der Waals surface area contributed by atoms with Gasteiger partial charge in [0.15, 0.2) is 14.1 Å². The van der Waals surface area contributed by atoms with Gasteiger partial charge in [0.05, 0.1) is 12.2 Å². The van der Waals surface area contributed by atoms with Crippen LogP contribution in [0.1, 0.15) is 86.0 Å². The van der Waals surface area contributed by atoms with Crippen LogP contribution in [0.5, 0.6) is 0 Å². The van der Waals surface area contributed by atoms with Gasteiger partial charge in [-0.3, -0.25) is 0 Å². The third-order valence-corrected chi connectivity index (χ3v) is 15.7. The van der Waals surface area contributed by atoms with Crippen LogP contribution in [0, 0.1) is 28.6 Å². The summed E-state index contributed by atoms with van der Waals surface area (Å²) in [6.45, 7) is 16.1. The molecule has 4 saturated carbocycles. The molecule has 5 rings (SSSR count). The Hall–Kier alpha value is 0.0569. The maximum Gasteiger partial charge on any atom is 0.192 e. The Morgan fingerprint density at radius 1 is 1.03 bits per heavy atom. The minimum atomic E-state index is -2.12. The first-order chi connectivity index (χ1) is 13.7. The lowest BCUT2D eigenvalue weighted by Crippen LogP contribution is -2.66. The highest BCUT2D eigenvalue weighted by Gasteiger charge is 2.79. The number of hydrogen-bond donors (Lipinski definition) is 2. The normalized spacial score (nSPS) is 52.1. The van der Waals surface area contributed by atoms with Crippen molar-refractivity contribution in [3.63, 3.8) is 0 Å². The van der Waals surface area contributed by atoms with E-state index in [4.69, 9.17) is 9.16 Å². The lowest BCUT2D eigenvalue weighted by atomic mass is 9.44. The first-order valence-corrected chi connectivity index (χ1v) is 15.4. The molecule has 1 spiro atoms. The van der Waals surface area contributed by atoms with Crippen LogP contribution < -0.4 is 0 Å². The van der Waals surface area contributed by atoms with Crippen molar-refractivity contribution in [2.24, 2.45) is 28.6 Å². The monoisotopic (exact) mass is 436 g/mol. The van der Waals surface area contributed by atoms with Crippen LogP contribution in [0.15, 0.2) is 0 Å². The molecule has 5 aliphatic rings. The van der Waals surface area contributed by atoms with E-state index in [-0.39, 0.29) is 22.2 Å². The van der Waals surface area contributed by atoms with Crippen LogP contribution in [0.2, 0.25) is 18.1 Å². The molecule has 4 aliphatic carbocycles. The van der Waals surface area contributed by atoms with Crippen LogP contribution in [-0.4, -0.2) is 42.1 Å². The number of aliphatic hydroxyl groups is 2. The third kappa shape index (κ3) is 2.77. The van der Waals surface area contributed by atoms with E-state index >= 15 is 0 Å². The lowest BCUT2D eigenvalue weighted by molar-refractivity contribution is -0.278. The second kappa shape index (κ2) is 6.14. The Morgan fingerprint density at radius 3 is 2.40 bits per heavy atom. The van der Waals surface area contributed by atoms with Crippen LogP contribution >= 0.6 is 0 Å². The molecule has 0 aromatic carbocycles. The lowest BCUT2D eigenvalue weighted by Gasteiger charge is -2.61. The Morgan fingerprint density at radius 2 is 1.73 bits per heavy atom. The van der Waals surface area contributed by atoms with Gasteiger partial charge in [-0.2, -0.15) is 0 Å². The predicted molar refractivity (Wildman–Crippen MR) is 120 cm³/mol. The molecule has 5 fully saturated rings. The van der Waals surface area contributed by atoms with Crippen molar-refractivity contribution in [1.82, 2.24) is 0 Å². The van der Waals surface area contributed by atoms with Gasteiger partial charge >= 0.3 is 0 Å².